The number of aliphatic hydroxyl groups is 1. The van der Waals surface area contributed by atoms with Crippen molar-refractivity contribution in [2.24, 2.45) is 0 Å². The van der Waals surface area contributed by atoms with E-state index < -0.39 is 13.8 Å². The summed E-state index contributed by atoms with van der Waals surface area (Å²) in [6, 6.07) is 0. The number of hydrogen-bond donors (Lipinski definition) is 1. The van der Waals surface area contributed by atoms with Crippen molar-refractivity contribution >= 4 is 13.8 Å². The Morgan fingerprint density at radius 2 is 1.83 bits per heavy atom. The highest BCUT2D eigenvalue weighted by Crippen LogP contribution is 2.52. The molecule has 1 atom stereocenters. The van der Waals surface area contributed by atoms with E-state index in [1.807, 2.05) is 6.92 Å². The molecule has 136 valence electrons. The van der Waals surface area contributed by atoms with E-state index in [9.17, 15) is 9.36 Å². The summed E-state index contributed by atoms with van der Waals surface area (Å²) in [4.78, 5) is 13.5. The lowest BCUT2D eigenvalue weighted by molar-refractivity contribution is 0.0371. The second-order valence-electron chi connectivity index (χ2n) is 5.15. The lowest BCUT2D eigenvalue weighted by Crippen LogP contribution is -2.49. The number of piperazine rings is 1. The van der Waals surface area contributed by atoms with Crippen LogP contribution in [0, 0.1) is 0 Å². The van der Waals surface area contributed by atoms with E-state index in [-0.39, 0.29) is 26.4 Å². The van der Waals surface area contributed by atoms with E-state index >= 15 is 0 Å². The number of aliphatic hydroxyl groups excluding tert-OH is 1. The van der Waals surface area contributed by atoms with Gasteiger partial charge in [0, 0.05) is 26.2 Å². The summed E-state index contributed by atoms with van der Waals surface area (Å²) >= 11 is 0. The monoisotopic (exact) mass is 353 g/mol. The van der Waals surface area contributed by atoms with Gasteiger partial charge in [0.15, 0.2) is 0 Å². The summed E-state index contributed by atoms with van der Waals surface area (Å²) in [6.45, 7) is 4.55. The summed E-state index contributed by atoms with van der Waals surface area (Å²) in [7, 11) is 0.438. The van der Waals surface area contributed by atoms with Gasteiger partial charge >= 0.3 is 13.8 Å². The SMILES string of the molecule is CCOP(=O)(N(C)C)N1CCN(C(=O)OCCOCCO)CC1. The molecule has 1 saturated heterocycles. The molecule has 0 aromatic heterocycles. The van der Waals surface area contributed by atoms with E-state index in [0.717, 1.165) is 0 Å². The number of carbonyl (C=O) groups excluding carboxylic acids is 1. The highest BCUT2D eigenvalue weighted by Gasteiger charge is 2.37. The quantitative estimate of drug-likeness (QED) is 0.472. The van der Waals surface area contributed by atoms with Gasteiger partial charge in [0.1, 0.15) is 6.61 Å². The normalized spacial score (nSPS) is 18.9. The Balaban J connectivity index is 2.39. The first-order valence-corrected chi connectivity index (χ1v) is 9.26. The van der Waals surface area contributed by atoms with Crippen molar-refractivity contribution in [2.45, 2.75) is 6.92 Å². The van der Waals surface area contributed by atoms with Crippen LogP contribution in [0.25, 0.3) is 0 Å². The maximum Gasteiger partial charge on any atom is 0.409 e. The molecular weight excluding hydrogens is 325 g/mol. The fraction of sp³-hybridized carbons (Fsp3) is 0.923. The average molecular weight is 353 g/mol. The Bertz CT molecular complexity index is 401. The number of hydrogen-bond acceptors (Lipinski definition) is 6. The first kappa shape index (κ1) is 20.3. The van der Waals surface area contributed by atoms with E-state index in [1.54, 1.807) is 28.3 Å². The van der Waals surface area contributed by atoms with Gasteiger partial charge < -0.3 is 24.0 Å². The molecule has 0 spiro atoms. The maximum absolute atomic E-state index is 12.9. The topological polar surface area (TPSA) is 91.8 Å². The van der Waals surface area contributed by atoms with Crippen LogP contribution < -0.4 is 0 Å². The minimum Gasteiger partial charge on any atom is -0.447 e. The van der Waals surface area contributed by atoms with Gasteiger partial charge in [-0.1, -0.05) is 0 Å². The number of ether oxygens (including phenoxy) is 2. The predicted octanol–water partition coefficient (Wildman–Crippen LogP) is 0.456. The molecule has 1 aliphatic rings. The Hall–Kier alpha value is -0.700. The molecule has 0 aromatic carbocycles. The van der Waals surface area contributed by atoms with Gasteiger partial charge in [0.2, 0.25) is 0 Å². The van der Waals surface area contributed by atoms with Crippen molar-refractivity contribution in [2.75, 3.05) is 73.3 Å². The number of amides is 1. The van der Waals surface area contributed by atoms with Crippen molar-refractivity contribution in [3.05, 3.63) is 0 Å². The van der Waals surface area contributed by atoms with E-state index in [4.69, 9.17) is 19.1 Å². The van der Waals surface area contributed by atoms with Crippen LogP contribution in [-0.4, -0.2) is 98.7 Å². The molecule has 1 N–H and O–H groups in total. The van der Waals surface area contributed by atoms with Gasteiger partial charge in [-0.25, -0.2) is 14.1 Å². The third-order valence-electron chi connectivity index (χ3n) is 3.36. The fourth-order valence-electron chi connectivity index (χ4n) is 2.20. The van der Waals surface area contributed by atoms with Crippen LogP contribution in [0.15, 0.2) is 0 Å². The largest absolute Gasteiger partial charge is 0.447 e. The van der Waals surface area contributed by atoms with Crippen molar-refractivity contribution in [3.63, 3.8) is 0 Å². The summed E-state index contributed by atoms with van der Waals surface area (Å²) < 4.78 is 31.8. The molecular formula is C13H28N3O6P. The Kier molecular flexibility index (Phi) is 9.04. The smallest absolute Gasteiger partial charge is 0.409 e. The van der Waals surface area contributed by atoms with Crippen molar-refractivity contribution in [3.8, 4) is 0 Å². The molecule has 9 nitrogen and oxygen atoms in total. The molecule has 0 radical (unpaired) electrons. The van der Waals surface area contributed by atoms with E-state index in [2.05, 4.69) is 0 Å². The summed E-state index contributed by atoms with van der Waals surface area (Å²) in [6.07, 6.45) is -0.409. The Labute approximate surface area is 137 Å². The number of nitrogens with zero attached hydrogens (tertiary/aromatic N) is 3. The predicted molar refractivity (Wildman–Crippen MR) is 85.3 cm³/mol. The molecule has 1 unspecified atom stereocenters. The second kappa shape index (κ2) is 10.2. The minimum atomic E-state index is -3.01. The molecule has 1 rings (SSSR count). The van der Waals surface area contributed by atoms with Gasteiger partial charge in [-0.2, -0.15) is 0 Å². The van der Waals surface area contributed by atoms with Crippen LogP contribution in [0.3, 0.4) is 0 Å². The Morgan fingerprint density at radius 1 is 1.17 bits per heavy atom. The zero-order chi connectivity index (χ0) is 17.3. The fourth-order valence-corrected chi connectivity index (χ4v) is 4.12. The molecule has 0 bridgehead atoms. The third-order valence-corrected chi connectivity index (χ3v) is 6.08. The van der Waals surface area contributed by atoms with E-state index in [1.165, 1.54) is 0 Å². The van der Waals surface area contributed by atoms with Gasteiger partial charge in [-0.15, -0.1) is 0 Å². The molecule has 1 aliphatic heterocycles. The van der Waals surface area contributed by atoms with E-state index in [0.29, 0.717) is 32.8 Å². The maximum atomic E-state index is 12.9. The van der Waals surface area contributed by atoms with Gasteiger partial charge in [0.05, 0.1) is 26.4 Å². The summed E-state index contributed by atoms with van der Waals surface area (Å²) in [5.41, 5.74) is 0. The van der Waals surface area contributed by atoms with Crippen LogP contribution in [0.1, 0.15) is 6.92 Å². The molecule has 23 heavy (non-hydrogen) atoms. The third kappa shape index (κ3) is 6.02. The van der Waals surface area contributed by atoms with Crippen LogP contribution in [0.4, 0.5) is 4.79 Å². The molecule has 0 saturated carbocycles. The molecule has 1 fully saturated rings. The highest BCUT2D eigenvalue weighted by atomic mass is 31.2. The standard InChI is InChI=1S/C13H28N3O6P/c1-4-22-23(19,14(2)3)16-7-5-15(6-8-16)13(18)21-12-11-20-10-9-17/h17H,4-12H2,1-3H3. The lowest BCUT2D eigenvalue weighted by Gasteiger charge is -2.39. The lowest BCUT2D eigenvalue weighted by atomic mass is 10.4. The second-order valence-corrected chi connectivity index (χ2v) is 7.75. The molecule has 1 amide bonds. The van der Waals surface area contributed by atoms with Gasteiger partial charge in [0.25, 0.3) is 0 Å². The van der Waals surface area contributed by atoms with Crippen LogP contribution in [-0.2, 0) is 18.6 Å². The van der Waals surface area contributed by atoms with Crippen molar-refractivity contribution < 1.29 is 28.5 Å². The highest BCUT2D eigenvalue weighted by molar-refractivity contribution is 7.53. The molecule has 0 aliphatic carbocycles. The first-order chi connectivity index (χ1) is 11.0. The van der Waals surface area contributed by atoms with Gasteiger partial charge in [-0.05, 0) is 21.0 Å². The zero-order valence-corrected chi connectivity index (χ0v) is 15.0. The Morgan fingerprint density at radius 3 is 2.35 bits per heavy atom. The minimum absolute atomic E-state index is 0.0539. The summed E-state index contributed by atoms with van der Waals surface area (Å²) in [5, 5.41) is 8.56. The molecule has 10 heteroatoms. The first-order valence-electron chi connectivity index (χ1n) is 7.73. The number of rotatable bonds is 9. The van der Waals surface area contributed by atoms with Crippen LogP contribution in [0.5, 0.6) is 0 Å². The summed E-state index contributed by atoms with van der Waals surface area (Å²) in [5.74, 6) is 0. The van der Waals surface area contributed by atoms with Crippen LogP contribution in [0.2, 0.25) is 0 Å². The number of carbonyl (C=O) groups is 1. The molecule has 0 aromatic rings. The zero-order valence-electron chi connectivity index (χ0n) is 14.1. The van der Waals surface area contributed by atoms with Crippen molar-refractivity contribution in [1.29, 1.82) is 0 Å². The van der Waals surface area contributed by atoms with Gasteiger partial charge in [-0.3, -0.25) is 4.57 Å². The molecule has 1 heterocycles. The van der Waals surface area contributed by atoms with Crippen molar-refractivity contribution in [1.82, 2.24) is 14.2 Å². The average Bonchev–Trinajstić information content (AvgIpc) is 2.54. The van der Waals surface area contributed by atoms with Crippen LogP contribution >= 0.6 is 7.67 Å².